The number of hydrogen-bond acceptors (Lipinski definition) is 4. The molecular weight excluding hydrogens is 380 g/mol. The maximum absolute atomic E-state index is 12.9. The summed E-state index contributed by atoms with van der Waals surface area (Å²) in [6, 6.07) is 4.43. The minimum absolute atomic E-state index is 0.162. The second kappa shape index (κ2) is 8.64. The zero-order valence-electron chi connectivity index (χ0n) is 16.1. The van der Waals surface area contributed by atoms with Crippen LogP contribution in [0.5, 0.6) is 0 Å². The number of carbonyl (C=O) groups excluding carboxylic acids is 1. The average molecular weight is 407 g/mol. The minimum Gasteiger partial charge on any atom is -0.394 e. The van der Waals surface area contributed by atoms with Crippen LogP contribution in [-0.2, 0) is 0 Å². The molecule has 0 bridgehead atoms. The lowest BCUT2D eigenvalue weighted by Gasteiger charge is -2.27. The number of aromatic nitrogens is 1. The van der Waals surface area contributed by atoms with E-state index in [0.29, 0.717) is 23.6 Å². The highest BCUT2D eigenvalue weighted by molar-refractivity contribution is 6.35. The number of halogens is 1. The maximum Gasteiger partial charge on any atom is 0.258 e. The van der Waals surface area contributed by atoms with Gasteiger partial charge in [0.2, 0.25) is 0 Å². The molecule has 0 saturated heterocycles. The smallest absolute Gasteiger partial charge is 0.258 e. The third-order valence-corrected chi connectivity index (χ3v) is 5.95. The van der Waals surface area contributed by atoms with Crippen molar-refractivity contribution in [2.45, 2.75) is 57.1 Å². The van der Waals surface area contributed by atoms with Crippen LogP contribution < -0.4 is 10.9 Å². The Kier molecular flexibility index (Phi) is 6.43. The third kappa shape index (κ3) is 4.24. The van der Waals surface area contributed by atoms with Gasteiger partial charge < -0.3 is 20.1 Å². The number of fused-ring (bicyclic) bond motifs is 1. The predicted octanol–water partition coefficient (Wildman–Crippen LogP) is 3.02. The highest BCUT2D eigenvalue weighted by Crippen LogP contribution is 2.28. The van der Waals surface area contributed by atoms with Gasteiger partial charge in [0.25, 0.3) is 11.5 Å². The van der Waals surface area contributed by atoms with Crippen molar-refractivity contribution in [2.75, 3.05) is 13.2 Å². The highest BCUT2D eigenvalue weighted by Gasteiger charge is 2.29. The first kappa shape index (κ1) is 20.8. The van der Waals surface area contributed by atoms with Gasteiger partial charge in [-0.05, 0) is 38.0 Å². The second-order valence-electron chi connectivity index (χ2n) is 7.76. The van der Waals surface area contributed by atoms with Crippen LogP contribution in [0.3, 0.4) is 0 Å². The van der Waals surface area contributed by atoms with E-state index in [4.69, 9.17) is 11.6 Å². The van der Waals surface area contributed by atoms with E-state index in [0.717, 1.165) is 25.7 Å². The van der Waals surface area contributed by atoms with Gasteiger partial charge in [-0.2, -0.15) is 0 Å². The maximum atomic E-state index is 12.9. The van der Waals surface area contributed by atoms with Crippen LogP contribution in [0.1, 0.15) is 61.8 Å². The van der Waals surface area contributed by atoms with E-state index >= 15 is 0 Å². The molecule has 1 atom stereocenters. The molecule has 1 saturated carbocycles. The molecule has 1 aliphatic rings. The molecule has 0 radical (unpaired) electrons. The fraction of sp³-hybridized carbons (Fsp3) is 0.524. The zero-order chi connectivity index (χ0) is 20.3. The number of aliphatic hydroxyl groups excluding tert-OH is 1. The van der Waals surface area contributed by atoms with Crippen molar-refractivity contribution < 1.29 is 15.0 Å². The van der Waals surface area contributed by atoms with Crippen molar-refractivity contribution in [1.82, 2.24) is 9.88 Å². The van der Waals surface area contributed by atoms with Crippen LogP contribution >= 0.6 is 11.6 Å². The summed E-state index contributed by atoms with van der Waals surface area (Å²) in [6.07, 6.45) is 7.00. The molecule has 1 fully saturated rings. The fourth-order valence-corrected chi connectivity index (χ4v) is 4.13. The van der Waals surface area contributed by atoms with Gasteiger partial charge in [0, 0.05) is 23.5 Å². The van der Waals surface area contributed by atoms with Gasteiger partial charge in [-0.15, -0.1) is 0 Å². The highest BCUT2D eigenvalue weighted by atomic mass is 35.5. The molecule has 1 aromatic carbocycles. The second-order valence-corrected chi connectivity index (χ2v) is 8.17. The number of nitrogens with one attached hydrogen (secondary N) is 1. The Morgan fingerprint density at radius 2 is 1.89 bits per heavy atom. The third-order valence-electron chi connectivity index (χ3n) is 5.64. The Balaban J connectivity index is 1.91. The van der Waals surface area contributed by atoms with E-state index in [9.17, 15) is 19.8 Å². The monoisotopic (exact) mass is 406 g/mol. The summed E-state index contributed by atoms with van der Waals surface area (Å²) in [5.74, 6) is -0.402. The Bertz CT molecular complexity index is 916. The number of carbonyl (C=O) groups is 1. The van der Waals surface area contributed by atoms with Gasteiger partial charge in [0.15, 0.2) is 0 Å². The first-order valence-corrected chi connectivity index (χ1v) is 10.2. The van der Waals surface area contributed by atoms with Gasteiger partial charge in [0.05, 0.1) is 28.8 Å². The van der Waals surface area contributed by atoms with E-state index in [-0.39, 0.29) is 35.3 Å². The number of amides is 1. The summed E-state index contributed by atoms with van der Waals surface area (Å²) in [7, 11) is 0. The molecule has 0 spiro atoms. The first-order valence-electron chi connectivity index (χ1n) is 9.81. The largest absolute Gasteiger partial charge is 0.394 e. The molecule has 7 heteroatoms. The molecule has 3 N–H and O–H groups in total. The molecule has 3 rings (SSSR count). The van der Waals surface area contributed by atoms with Crippen LogP contribution in [-0.4, -0.2) is 39.4 Å². The van der Waals surface area contributed by atoms with E-state index in [1.807, 2.05) is 0 Å². The standard InChI is InChI=1S/C21H27ClN2O4/c1-14(12-25)24-11-8-15-16(20(24)27)6-7-17(22)18(15)19(26)23-13-21(28)9-4-2-3-5-10-21/h6-8,11,14,25,28H,2-5,9-10,12-13H2,1H3,(H,23,26). The molecular formula is C21H27ClN2O4. The Labute approximate surface area is 169 Å². The van der Waals surface area contributed by atoms with E-state index < -0.39 is 11.5 Å². The van der Waals surface area contributed by atoms with E-state index in [1.54, 1.807) is 25.3 Å². The zero-order valence-corrected chi connectivity index (χ0v) is 16.8. The van der Waals surface area contributed by atoms with Crippen LogP contribution in [0.25, 0.3) is 10.8 Å². The molecule has 1 amide bonds. The predicted molar refractivity (Wildman–Crippen MR) is 110 cm³/mol. The Hall–Kier alpha value is -1.89. The number of benzene rings is 1. The average Bonchev–Trinajstić information content (AvgIpc) is 2.90. The van der Waals surface area contributed by atoms with Crippen molar-refractivity contribution in [1.29, 1.82) is 0 Å². The van der Waals surface area contributed by atoms with Crippen LogP contribution in [0.15, 0.2) is 29.2 Å². The fourth-order valence-electron chi connectivity index (χ4n) is 3.88. The molecule has 1 aromatic heterocycles. The summed E-state index contributed by atoms with van der Waals surface area (Å²) < 4.78 is 1.44. The molecule has 1 heterocycles. The number of pyridine rings is 1. The van der Waals surface area contributed by atoms with Gasteiger partial charge >= 0.3 is 0 Å². The Morgan fingerprint density at radius 3 is 2.54 bits per heavy atom. The van der Waals surface area contributed by atoms with Gasteiger partial charge in [0.1, 0.15) is 0 Å². The van der Waals surface area contributed by atoms with Crippen LogP contribution in [0.2, 0.25) is 5.02 Å². The number of nitrogens with zero attached hydrogens (tertiary/aromatic N) is 1. The van der Waals surface area contributed by atoms with Gasteiger partial charge in [-0.3, -0.25) is 9.59 Å². The molecule has 0 aliphatic heterocycles. The summed E-state index contributed by atoms with van der Waals surface area (Å²) in [5.41, 5.74) is -0.948. The molecule has 1 unspecified atom stereocenters. The van der Waals surface area contributed by atoms with Crippen molar-refractivity contribution in [2.24, 2.45) is 0 Å². The number of hydrogen-bond donors (Lipinski definition) is 3. The minimum atomic E-state index is -0.896. The van der Waals surface area contributed by atoms with Gasteiger partial charge in [-0.25, -0.2) is 0 Å². The summed E-state index contributed by atoms with van der Waals surface area (Å²) in [5, 5.41) is 24.0. The molecule has 152 valence electrons. The van der Waals surface area contributed by atoms with Gasteiger partial charge in [-0.1, -0.05) is 37.3 Å². The van der Waals surface area contributed by atoms with Crippen LogP contribution in [0.4, 0.5) is 0 Å². The lowest BCUT2D eigenvalue weighted by molar-refractivity contribution is 0.0247. The summed E-state index contributed by atoms with van der Waals surface area (Å²) in [4.78, 5) is 25.6. The lowest BCUT2D eigenvalue weighted by Crippen LogP contribution is -2.42. The molecule has 2 aromatic rings. The Morgan fingerprint density at radius 1 is 1.21 bits per heavy atom. The SMILES string of the molecule is CC(CO)n1ccc2c(C(=O)NCC3(O)CCCCCC3)c(Cl)ccc2c1=O. The van der Waals surface area contributed by atoms with E-state index in [1.165, 1.54) is 10.6 Å². The number of rotatable bonds is 5. The first-order chi connectivity index (χ1) is 13.4. The normalized spacial score (nSPS) is 17.9. The quantitative estimate of drug-likeness (QED) is 0.665. The lowest BCUT2D eigenvalue weighted by atomic mass is 9.94. The van der Waals surface area contributed by atoms with Crippen molar-refractivity contribution in [3.05, 3.63) is 45.3 Å². The topological polar surface area (TPSA) is 91.6 Å². The summed E-state index contributed by atoms with van der Waals surface area (Å²) in [6.45, 7) is 1.74. The van der Waals surface area contributed by atoms with Crippen molar-refractivity contribution >= 4 is 28.3 Å². The van der Waals surface area contributed by atoms with Crippen molar-refractivity contribution in [3.8, 4) is 0 Å². The summed E-state index contributed by atoms with van der Waals surface area (Å²) >= 11 is 6.29. The van der Waals surface area contributed by atoms with Crippen molar-refractivity contribution in [3.63, 3.8) is 0 Å². The number of aliphatic hydroxyl groups is 2. The van der Waals surface area contributed by atoms with Crippen LogP contribution in [0, 0.1) is 0 Å². The van der Waals surface area contributed by atoms with E-state index in [2.05, 4.69) is 5.32 Å². The molecule has 1 aliphatic carbocycles. The molecule has 6 nitrogen and oxygen atoms in total. The molecule has 28 heavy (non-hydrogen) atoms.